The number of para-hydroxylation sites is 1. The summed E-state index contributed by atoms with van der Waals surface area (Å²) in [5.41, 5.74) is 5.94. The van der Waals surface area contributed by atoms with Crippen LogP contribution in [-0.2, 0) is 24.9 Å². The van der Waals surface area contributed by atoms with Crippen LogP contribution in [0.4, 0.5) is 0 Å². The second kappa shape index (κ2) is 12.2. The molecule has 2 aliphatic rings. The minimum absolute atomic E-state index is 0. The van der Waals surface area contributed by atoms with Crippen LogP contribution < -0.4 is 25.9 Å². The summed E-state index contributed by atoms with van der Waals surface area (Å²) in [6.07, 6.45) is 1.17. The number of fused-ring (bicyclic) bond motifs is 7. The number of aliphatic hydroxyl groups excluding tert-OH is 1. The molecule has 1 radical (unpaired) electrons. The largest absolute Gasteiger partial charge is 0.512 e. The molecule has 0 fully saturated rings. The number of hydrogen-bond donors (Lipinski definition) is 1. The van der Waals surface area contributed by atoms with Gasteiger partial charge >= 0.3 is 0 Å². The van der Waals surface area contributed by atoms with E-state index in [0.29, 0.717) is 5.75 Å². The van der Waals surface area contributed by atoms with Gasteiger partial charge in [0.25, 0.3) is 0 Å². The zero-order chi connectivity index (χ0) is 31.4. The van der Waals surface area contributed by atoms with E-state index in [1.165, 1.54) is 30.7 Å². The fourth-order valence-electron chi connectivity index (χ4n) is 6.44. The Balaban J connectivity index is 0.000000399. The number of allylic oxidation sites excluding steroid dienone is 2. The monoisotopic (exact) mass is 789 g/mol. The van der Waals surface area contributed by atoms with Crippen LogP contribution >= 0.6 is 0 Å². The van der Waals surface area contributed by atoms with Crippen LogP contribution in [0.2, 0.25) is 0 Å². The molecular weight excluding hydrogens is 761 g/mol. The Morgan fingerprint density at radius 3 is 1.83 bits per heavy atom. The molecule has 6 aromatic carbocycles. The molecule has 0 aliphatic carbocycles. The molecule has 229 valence electrons. The van der Waals surface area contributed by atoms with E-state index in [0.717, 1.165) is 66.6 Å². The van der Waals surface area contributed by atoms with Crippen LogP contribution in [0.25, 0.3) is 43.7 Å². The van der Waals surface area contributed by atoms with E-state index >= 15 is 0 Å². The molecule has 0 saturated carbocycles. The van der Waals surface area contributed by atoms with Crippen LogP contribution in [0.5, 0.6) is 23.0 Å². The summed E-state index contributed by atoms with van der Waals surface area (Å²) in [7, 11) is 0. The van der Waals surface area contributed by atoms with Crippen LogP contribution in [0.15, 0.2) is 127 Å². The van der Waals surface area contributed by atoms with Crippen molar-refractivity contribution >= 4 is 61.3 Å². The molecule has 0 unspecified atom stereocenters. The number of carbonyl (C=O) groups excluding carboxylic acids is 1. The zero-order valence-electron chi connectivity index (χ0n) is 25.6. The molecule has 2 aliphatic heterocycles. The molecule has 7 heteroatoms. The van der Waals surface area contributed by atoms with Crippen molar-refractivity contribution in [1.82, 2.24) is 4.98 Å². The summed E-state index contributed by atoms with van der Waals surface area (Å²) in [6.45, 7) is 2.83. The molecule has 47 heavy (non-hydrogen) atoms. The van der Waals surface area contributed by atoms with Gasteiger partial charge in [0.15, 0.2) is 5.78 Å². The molecule has 0 saturated heterocycles. The minimum atomic E-state index is -0.125. The van der Waals surface area contributed by atoms with E-state index in [2.05, 4.69) is 97.1 Å². The number of ether oxygens (including phenoxy) is 2. The number of aromatic nitrogens is 1. The van der Waals surface area contributed by atoms with Crippen molar-refractivity contribution in [2.24, 2.45) is 0 Å². The summed E-state index contributed by atoms with van der Waals surface area (Å²) in [5.74, 6) is 3.16. The first kappa shape index (κ1) is 30.4. The summed E-state index contributed by atoms with van der Waals surface area (Å²) >= 11 is 0. The van der Waals surface area contributed by atoms with Gasteiger partial charge in [-0.3, -0.25) is 9.78 Å². The van der Waals surface area contributed by atoms with Crippen molar-refractivity contribution in [2.75, 3.05) is 0 Å². The SMILES string of the molecule is CC(=O)/C=C(/C)O.[Ir].[c-]1c(-c2ccc3ccccc3n2)cc2c3c1Oc1cc4ccccc4cc1B3c1cc3ccccc3cc1O2. The van der Waals surface area contributed by atoms with Gasteiger partial charge in [-0.25, -0.2) is 0 Å². The number of rotatable bonds is 2. The normalized spacial score (nSPS) is 12.5. The van der Waals surface area contributed by atoms with Gasteiger partial charge in [-0.1, -0.05) is 103 Å². The van der Waals surface area contributed by atoms with Crippen molar-refractivity contribution in [3.05, 3.63) is 133 Å². The molecule has 1 aromatic heterocycles. The Labute approximate surface area is 285 Å². The van der Waals surface area contributed by atoms with Crippen molar-refractivity contribution in [1.29, 1.82) is 0 Å². The summed E-state index contributed by atoms with van der Waals surface area (Å²) in [5, 5.41) is 14.2. The quantitative estimate of drug-likeness (QED) is 0.0840. The van der Waals surface area contributed by atoms with E-state index in [1.807, 2.05) is 24.3 Å². The maximum absolute atomic E-state index is 10.0. The van der Waals surface area contributed by atoms with E-state index in [-0.39, 0.29) is 38.4 Å². The average Bonchev–Trinajstić information content (AvgIpc) is 3.05. The average molecular weight is 789 g/mol. The predicted octanol–water partition coefficient (Wildman–Crippen LogP) is 7.77. The summed E-state index contributed by atoms with van der Waals surface area (Å²) in [6, 6.07) is 43.7. The van der Waals surface area contributed by atoms with E-state index in [4.69, 9.17) is 19.6 Å². The van der Waals surface area contributed by atoms with Crippen molar-refractivity contribution in [3.63, 3.8) is 0 Å². The maximum atomic E-state index is 10.0. The predicted molar refractivity (Wildman–Crippen MR) is 186 cm³/mol. The molecule has 0 bridgehead atoms. The fraction of sp³-hybridized carbons (Fsp3) is 0.0500. The van der Waals surface area contributed by atoms with Gasteiger partial charge < -0.3 is 14.6 Å². The van der Waals surface area contributed by atoms with Gasteiger partial charge in [-0.2, -0.15) is 0 Å². The molecule has 9 rings (SSSR count). The number of ketones is 1. The van der Waals surface area contributed by atoms with Crippen molar-refractivity contribution in [2.45, 2.75) is 13.8 Å². The Kier molecular flexibility index (Phi) is 7.89. The summed E-state index contributed by atoms with van der Waals surface area (Å²) < 4.78 is 13.3. The van der Waals surface area contributed by atoms with Crippen LogP contribution in [-0.4, -0.2) is 22.6 Å². The van der Waals surface area contributed by atoms with Gasteiger partial charge in [-0.05, 0) is 75.6 Å². The molecule has 0 atom stereocenters. The van der Waals surface area contributed by atoms with Gasteiger partial charge in [0.1, 0.15) is 11.5 Å². The topological polar surface area (TPSA) is 68.7 Å². The first-order valence-electron chi connectivity index (χ1n) is 15.2. The molecule has 3 heterocycles. The van der Waals surface area contributed by atoms with Gasteiger partial charge in [0, 0.05) is 37.7 Å². The third-order valence-electron chi connectivity index (χ3n) is 8.42. The second-order valence-corrected chi connectivity index (χ2v) is 11.7. The molecule has 0 spiro atoms. The van der Waals surface area contributed by atoms with E-state index in [9.17, 15) is 4.79 Å². The first-order chi connectivity index (χ1) is 22.4. The minimum Gasteiger partial charge on any atom is -0.512 e. The van der Waals surface area contributed by atoms with Crippen LogP contribution in [0.1, 0.15) is 13.8 Å². The molecule has 0 amide bonds. The summed E-state index contributed by atoms with van der Waals surface area (Å²) in [4.78, 5) is 15.0. The molecule has 5 nitrogen and oxygen atoms in total. The Bertz CT molecular complexity index is 2290. The Hall–Kier alpha value is -5.23. The van der Waals surface area contributed by atoms with Crippen molar-refractivity contribution in [3.8, 4) is 34.3 Å². The number of hydrogen-bond acceptors (Lipinski definition) is 5. The number of benzene rings is 6. The van der Waals surface area contributed by atoms with E-state index in [1.54, 1.807) is 0 Å². The fourth-order valence-corrected chi connectivity index (χ4v) is 6.44. The standard InChI is InChI=1S/C35H19BNO2.C5H8O2.Ir/c1-3-10-24-17-31-27(15-22(24)8-1)36-28-16-23-9-2-4-11-25(23)18-32(28)39-34-20-26(19-33(38-31)35(34)36)30-14-13-21-7-5-6-12-29(21)37-30;1-4(6)3-5(2)7;/h1-19H;3,6H,1-2H3;/q-1;;/b;4-3-;. The Morgan fingerprint density at radius 1 is 0.702 bits per heavy atom. The van der Waals surface area contributed by atoms with Crippen LogP contribution in [0, 0.1) is 6.07 Å². The number of carbonyl (C=O) groups is 1. The van der Waals surface area contributed by atoms with Crippen molar-refractivity contribution < 1.29 is 39.5 Å². The number of nitrogens with zero attached hydrogens (tertiary/aromatic N) is 1. The van der Waals surface area contributed by atoms with E-state index < -0.39 is 0 Å². The van der Waals surface area contributed by atoms with Gasteiger partial charge in [-0.15, -0.1) is 11.6 Å². The number of pyridine rings is 1. The van der Waals surface area contributed by atoms with Gasteiger partial charge in [0.05, 0.1) is 11.3 Å². The second-order valence-electron chi connectivity index (χ2n) is 11.7. The third-order valence-corrected chi connectivity index (χ3v) is 8.42. The Morgan fingerprint density at radius 2 is 1.26 bits per heavy atom. The molecule has 1 N–H and O–H groups in total. The maximum Gasteiger partial charge on any atom is 0.208 e. The van der Waals surface area contributed by atoms with Gasteiger partial charge in [0.2, 0.25) is 6.71 Å². The zero-order valence-corrected chi connectivity index (χ0v) is 28.0. The molecule has 7 aromatic rings. The van der Waals surface area contributed by atoms with Crippen LogP contribution in [0.3, 0.4) is 0 Å². The first-order valence-corrected chi connectivity index (χ1v) is 15.2. The molecular formula is C40H27BIrNO4-. The third kappa shape index (κ3) is 5.58. The number of aliphatic hydroxyl groups is 1. The smallest absolute Gasteiger partial charge is 0.208 e.